The Labute approximate surface area is 260 Å². The van der Waals surface area contributed by atoms with E-state index in [9.17, 15) is 18.9 Å². The molecule has 0 bridgehead atoms. The van der Waals surface area contributed by atoms with Crippen LogP contribution in [0.15, 0.2) is 60.7 Å². The summed E-state index contributed by atoms with van der Waals surface area (Å²) in [6.07, 6.45) is 0.124. The lowest BCUT2D eigenvalue weighted by atomic mass is 10.0. The van der Waals surface area contributed by atoms with E-state index in [0.717, 1.165) is 22.2 Å². The number of ether oxygens (including phenoxy) is 1. The van der Waals surface area contributed by atoms with Gasteiger partial charge in [0.1, 0.15) is 17.5 Å². The highest BCUT2D eigenvalue weighted by Crippen LogP contribution is 2.45. The van der Waals surface area contributed by atoms with Gasteiger partial charge in [0, 0.05) is 41.7 Å². The lowest BCUT2D eigenvalue weighted by Crippen LogP contribution is -2.36. The Morgan fingerprint density at radius 3 is 2.58 bits per heavy atom. The number of H-pyrrole nitrogens is 2. The van der Waals surface area contributed by atoms with Gasteiger partial charge < -0.3 is 24.5 Å². The monoisotopic (exact) mass is 636 g/mol. The molecular weight excluding hydrogens is 599 g/mol. The summed E-state index contributed by atoms with van der Waals surface area (Å²) >= 11 is 0. The van der Waals surface area contributed by atoms with Crippen molar-refractivity contribution in [2.75, 3.05) is 13.2 Å². The third-order valence-corrected chi connectivity index (χ3v) is 8.81. The van der Waals surface area contributed by atoms with Crippen LogP contribution in [0.1, 0.15) is 54.6 Å². The molecule has 2 aromatic heterocycles. The fourth-order valence-corrected chi connectivity index (χ4v) is 6.39. The Hall–Kier alpha value is -4.45. The summed E-state index contributed by atoms with van der Waals surface area (Å²) in [5.74, 6) is -0.824. The summed E-state index contributed by atoms with van der Waals surface area (Å²) < 4.78 is 29.9. The van der Waals surface area contributed by atoms with Crippen molar-refractivity contribution in [3.8, 4) is 5.75 Å². The average molecular weight is 637 g/mol. The molecule has 0 spiro atoms. The lowest BCUT2D eigenvalue weighted by Gasteiger charge is -2.27. The number of hydrogen-bond donors (Lipinski definition) is 4. The molecule has 2 atom stereocenters. The fourth-order valence-electron chi connectivity index (χ4n) is 4.90. The molecule has 2 aromatic carbocycles. The highest BCUT2D eigenvalue weighted by atomic mass is 31.2. The van der Waals surface area contributed by atoms with E-state index in [1.807, 2.05) is 30.3 Å². The topological polar surface area (TPSA) is 168 Å². The molecule has 1 aliphatic heterocycles. The minimum absolute atomic E-state index is 0.104. The smallest absolute Gasteiger partial charge is 0.459 e. The van der Waals surface area contributed by atoms with Crippen LogP contribution in [0.4, 0.5) is 0 Å². The number of nitrogens with zero attached hydrogens (tertiary/aromatic N) is 2. The zero-order valence-electron chi connectivity index (χ0n) is 25.4. The van der Waals surface area contributed by atoms with E-state index in [1.165, 1.54) is 6.92 Å². The molecule has 2 amide bonds. The number of aromatic nitrogens is 3. The van der Waals surface area contributed by atoms with E-state index in [1.54, 1.807) is 49.1 Å². The second kappa shape index (κ2) is 14.1. The first-order chi connectivity index (χ1) is 21.6. The number of aromatic amines is 2. The molecule has 45 heavy (non-hydrogen) atoms. The molecule has 13 nitrogen and oxygen atoms in total. The first-order valence-corrected chi connectivity index (χ1v) is 16.3. The predicted molar refractivity (Wildman–Crippen MR) is 166 cm³/mol. The van der Waals surface area contributed by atoms with Gasteiger partial charge in [-0.25, -0.2) is 4.57 Å². The quantitative estimate of drug-likeness (QED) is 0.124. The van der Waals surface area contributed by atoms with Gasteiger partial charge in [-0.05, 0) is 45.0 Å². The van der Waals surface area contributed by atoms with Crippen molar-refractivity contribution in [3.63, 3.8) is 0 Å². The Bertz CT molecular complexity index is 1670. The van der Waals surface area contributed by atoms with Gasteiger partial charge in [0.2, 0.25) is 5.91 Å². The summed E-state index contributed by atoms with van der Waals surface area (Å²) in [5, 5.41) is 13.8. The van der Waals surface area contributed by atoms with Crippen LogP contribution >= 0.6 is 7.75 Å². The van der Waals surface area contributed by atoms with Crippen LogP contribution in [-0.4, -0.2) is 63.2 Å². The minimum Gasteiger partial charge on any atom is -0.462 e. The summed E-state index contributed by atoms with van der Waals surface area (Å²) in [5.41, 5.74) is 3.85. The van der Waals surface area contributed by atoms with Gasteiger partial charge in [-0.15, -0.1) is 0 Å². The van der Waals surface area contributed by atoms with E-state index in [0.29, 0.717) is 30.9 Å². The third-order valence-electron chi connectivity index (χ3n) is 7.14. The maximum Gasteiger partial charge on any atom is 0.459 e. The number of benzene rings is 2. The van der Waals surface area contributed by atoms with Gasteiger partial charge >= 0.3 is 13.7 Å². The standard InChI is InChI=1S/C31H37N6O7P/c1-20(2)43-31(40)21(3)36-45(41,44-23-10-5-4-6-11-23)42-16-14-29(38)32-18-28-24-19-37(15-13-26(24)34-35-28)30(39)27-17-22-9-7-8-12-25(22)33-27/h4-12,17,20-21,33H,13-16,18-19H2,1-3H3,(H,32,38)(H,34,35)(H,36,41)/t21-,45?/m0/s1. The number of nitrogens with one attached hydrogen (secondary N) is 4. The van der Waals surface area contributed by atoms with Crippen molar-refractivity contribution in [3.05, 3.63) is 83.3 Å². The number of para-hydroxylation sites is 2. The highest BCUT2D eigenvalue weighted by molar-refractivity contribution is 7.52. The predicted octanol–water partition coefficient (Wildman–Crippen LogP) is 4.23. The maximum atomic E-state index is 13.6. The zero-order valence-corrected chi connectivity index (χ0v) is 26.3. The number of rotatable bonds is 13. The zero-order chi connectivity index (χ0) is 32.0. The Kier molecular flexibility index (Phi) is 10.0. The number of carbonyl (C=O) groups is 3. The number of carbonyl (C=O) groups excluding carboxylic acids is 3. The van der Waals surface area contributed by atoms with Crippen LogP contribution < -0.4 is 14.9 Å². The molecule has 0 saturated carbocycles. The molecule has 0 fully saturated rings. The Morgan fingerprint density at radius 1 is 1.07 bits per heavy atom. The van der Waals surface area contributed by atoms with Gasteiger partial charge in [-0.3, -0.25) is 24.0 Å². The second-order valence-corrected chi connectivity index (χ2v) is 12.7. The van der Waals surface area contributed by atoms with Crippen molar-refractivity contribution >= 4 is 36.4 Å². The normalized spacial score (nSPS) is 14.9. The molecule has 0 radical (unpaired) electrons. The molecule has 5 rings (SSSR count). The summed E-state index contributed by atoms with van der Waals surface area (Å²) in [6, 6.07) is 17.0. The molecule has 3 heterocycles. The first kappa shape index (κ1) is 32.0. The van der Waals surface area contributed by atoms with E-state index in [4.69, 9.17) is 13.8 Å². The molecule has 1 unspecified atom stereocenters. The van der Waals surface area contributed by atoms with E-state index in [-0.39, 0.29) is 43.2 Å². The first-order valence-electron chi connectivity index (χ1n) is 14.8. The van der Waals surface area contributed by atoms with Crippen LogP contribution in [0.25, 0.3) is 10.9 Å². The van der Waals surface area contributed by atoms with Crippen LogP contribution in [0.5, 0.6) is 5.75 Å². The molecule has 14 heteroatoms. The summed E-state index contributed by atoms with van der Waals surface area (Å²) in [7, 11) is -4.07. The lowest BCUT2D eigenvalue weighted by molar-refractivity contribution is -0.149. The Balaban J connectivity index is 1.15. The van der Waals surface area contributed by atoms with Crippen molar-refractivity contribution in [1.82, 2.24) is 30.5 Å². The van der Waals surface area contributed by atoms with Crippen LogP contribution in [0.3, 0.4) is 0 Å². The minimum atomic E-state index is -4.07. The Morgan fingerprint density at radius 2 is 1.82 bits per heavy atom. The van der Waals surface area contributed by atoms with Crippen molar-refractivity contribution in [2.24, 2.45) is 0 Å². The molecule has 238 valence electrons. The molecule has 0 saturated heterocycles. The van der Waals surface area contributed by atoms with Crippen molar-refractivity contribution in [1.29, 1.82) is 0 Å². The third kappa shape index (κ3) is 8.18. The molecule has 0 aliphatic carbocycles. The molecule has 4 aromatic rings. The number of amides is 2. The fraction of sp³-hybridized carbons (Fsp3) is 0.355. The largest absolute Gasteiger partial charge is 0.462 e. The van der Waals surface area contributed by atoms with Crippen LogP contribution in [0, 0.1) is 0 Å². The van der Waals surface area contributed by atoms with Gasteiger partial charge in [0.25, 0.3) is 5.91 Å². The van der Waals surface area contributed by atoms with Gasteiger partial charge in [-0.2, -0.15) is 10.2 Å². The van der Waals surface area contributed by atoms with Gasteiger partial charge in [0.05, 0.1) is 31.4 Å². The maximum absolute atomic E-state index is 13.6. The second-order valence-electron chi connectivity index (χ2n) is 11.0. The number of esters is 1. The van der Waals surface area contributed by atoms with Gasteiger partial charge in [0.15, 0.2) is 0 Å². The SMILES string of the molecule is CC(C)OC(=O)[C@H](C)NP(=O)(OCCC(=O)NCc1n[nH]c2c1CN(C(=O)c1cc3ccccc3[nH]1)CC2)Oc1ccccc1. The average Bonchev–Trinajstić information content (AvgIpc) is 3.63. The number of fused-ring (bicyclic) bond motifs is 2. The van der Waals surface area contributed by atoms with E-state index in [2.05, 4.69) is 25.6 Å². The summed E-state index contributed by atoms with van der Waals surface area (Å²) in [4.78, 5) is 43.3. The van der Waals surface area contributed by atoms with E-state index < -0.39 is 19.8 Å². The van der Waals surface area contributed by atoms with Crippen molar-refractivity contribution < 1.29 is 32.7 Å². The van der Waals surface area contributed by atoms with Gasteiger partial charge in [-0.1, -0.05) is 36.4 Å². The molecule has 1 aliphatic rings. The highest BCUT2D eigenvalue weighted by Gasteiger charge is 2.33. The molecular formula is C31H37N6O7P. The van der Waals surface area contributed by atoms with E-state index >= 15 is 0 Å². The summed E-state index contributed by atoms with van der Waals surface area (Å²) in [6.45, 7) is 5.68. The van der Waals surface area contributed by atoms with Crippen LogP contribution in [-0.2, 0) is 42.9 Å². The van der Waals surface area contributed by atoms with Crippen LogP contribution in [0.2, 0.25) is 0 Å². The number of hydrogen-bond acceptors (Lipinski definition) is 8. The van der Waals surface area contributed by atoms with Crippen molar-refractivity contribution in [2.45, 2.75) is 58.8 Å². The molecule has 4 N–H and O–H groups in total.